The average molecular weight is 279 g/mol. The Labute approximate surface area is 88.4 Å². The molecular weight excluding hydrogens is 273 g/mol. The fourth-order valence-corrected chi connectivity index (χ4v) is 0. The van der Waals surface area contributed by atoms with Gasteiger partial charge in [0.25, 0.3) is 0 Å². The van der Waals surface area contributed by atoms with Crippen molar-refractivity contribution in [3.63, 3.8) is 0 Å². The average Bonchev–Trinajstić information content (AvgIpc) is 0. The van der Waals surface area contributed by atoms with Crippen LogP contribution in [0, 0.1) is 0 Å². The van der Waals surface area contributed by atoms with Crippen molar-refractivity contribution in [2.45, 2.75) is 0 Å². The summed E-state index contributed by atoms with van der Waals surface area (Å²) < 4.78 is 0. The van der Waals surface area contributed by atoms with Gasteiger partial charge in [0.2, 0.25) is 0 Å². The van der Waals surface area contributed by atoms with Gasteiger partial charge in [-0.15, -0.1) is 0 Å². The van der Waals surface area contributed by atoms with Crippen LogP contribution < -0.4 is 29.6 Å². The van der Waals surface area contributed by atoms with Crippen LogP contribution in [0.3, 0.4) is 0 Å². The van der Waals surface area contributed by atoms with Gasteiger partial charge in [0, 0.05) is 21.1 Å². The van der Waals surface area contributed by atoms with Crippen LogP contribution in [0.25, 0.3) is 0 Å². The molecule has 0 radical (unpaired) electrons. The van der Waals surface area contributed by atoms with Gasteiger partial charge in [0.05, 0.1) is 0 Å². The van der Waals surface area contributed by atoms with E-state index in [0.717, 1.165) is 0 Å². The number of hydrogen-bond donors (Lipinski definition) is 0. The van der Waals surface area contributed by atoms with Gasteiger partial charge in [0.1, 0.15) is 0 Å². The molecule has 0 bridgehead atoms. The summed E-state index contributed by atoms with van der Waals surface area (Å²) in [5.74, 6) is 0. The van der Waals surface area contributed by atoms with Crippen LogP contribution in [0.4, 0.5) is 0 Å². The van der Waals surface area contributed by atoms with Gasteiger partial charge in [-0.1, -0.05) is 0 Å². The van der Waals surface area contributed by atoms with Gasteiger partial charge < -0.3 is 1.43 Å². The van der Waals surface area contributed by atoms with E-state index in [2.05, 4.69) is 0 Å². The predicted octanol–water partition coefficient (Wildman–Crippen LogP) is -3.96. The minimum absolute atomic E-state index is 0. The fraction of sp³-hybridized carbons (Fsp3) is 0. The molecule has 0 nitrogen and oxygen atoms in total. The van der Waals surface area contributed by atoms with E-state index in [1.54, 1.807) is 0 Å². The summed E-state index contributed by atoms with van der Waals surface area (Å²) in [4.78, 5) is 0. The molecule has 0 aliphatic rings. The van der Waals surface area contributed by atoms with Crippen LogP contribution in [0.2, 0.25) is 0 Å². The molecule has 0 fully saturated rings. The molecule has 4 heavy (non-hydrogen) atoms. The topological polar surface area (TPSA) is 0 Å². The second-order valence-corrected chi connectivity index (χ2v) is 0. The van der Waals surface area contributed by atoms with Crippen molar-refractivity contribution in [1.29, 1.82) is 0 Å². The zero-order valence-electron chi connectivity index (χ0n) is 3.62. The molecule has 0 heterocycles. The molecule has 4 heteroatoms. The second kappa shape index (κ2) is 16.9. The van der Waals surface area contributed by atoms with Crippen LogP contribution in [0.1, 0.15) is 1.43 Å². The van der Waals surface area contributed by atoms with Crippen LogP contribution in [-0.2, 0) is 21.1 Å². The normalized spacial score (nSPS) is 0. The Hall–Kier alpha value is 2.86. The van der Waals surface area contributed by atoms with Gasteiger partial charge in [-0.25, -0.2) is 0 Å². The molecule has 0 aliphatic carbocycles. The van der Waals surface area contributed by atoms with Gasteiger partial charge >= 0.3 is 54.0 Å². The number of hydrogen-bond acceptors (Lipinski definition) is 0. The third-order valence-electron chi connectivity index (χ3n) is 0. The molecule has 0 atom stereocenters. The monoisotopic (exact) mass is 280 g/mol. The quantitative estimate of drug-likeness (QED) is 0.397. The maximum absolute atomic E-state index is 0. The van der Waals surface area contributed by atoms with E-state index in [1.807, 2.05) is 0 Å². The Morgan fingerprint density at radius 3 is 1.25 bits per heavy atom. The summed E-state index contributed by atoms with van der Waals surface area (Å²) in [6.45, 7) is 0. The summed E-state index contributed by atoms with van der Waals surface area (Å²) in [6.07, 6.45) is 0. The molecule has 0 amide bonds. The van der Waals surface area contributed by atoms with Crippen molar-refractivity contribution in [3.05, 3.63) is 0 Å². The van der Waals surface area contributed by atoms with E-state index < -0.39 is 0 Å². The second-order valence-electron chi connectivity index (χ2n) is 0. The minimum atomic E-state index is 0. The number of rotatable bonds is 0. The Morgan fingerprint density at radius 2 is 1.25 bits per heavy atom. The zero-order chi connectivity index (χ0) is 0. The summed E-state index contributed by atoms with van der Waals surface area (Å²) in [5.41, 5.74) is 0. The van der Waals surface area contributed by atoms with Crippen molar-refractivity contribution >= 4 is 37.9 Å². The SMILES string of the molecule is S.[H-].[Mo].[Na+].[SbH3]. The van der Waals surface area contributed by atoms with Crippen LogP contribution in [0.15, 0.2) is 0 Å². The molecular formula is H6MoNaSSb. The van der Waals surface area contributed by atoms with Gasteiger partial charge in [-0.2, -0.15) is 13.5 Å². The molecule has 0 aromatic carbocycles. The summed E-state index contributed by atoms with van der Waals surface area (Å²) in [6, 6.07) is 0. The summed E-state index contributed by atoms with van der Waals surface area (Å²) >= 11 is 0. The van der Waals surface area contributed by atoms with Crippen LogP contribution in [-0.4, -0.2) is 24.4 Å². The van der Waals surface area contributed by atoms with Crippen LogP contribution >= 0.6 is 13.5 Å². The third-order valence-corrected chi connectivity index (χ3v) is 0. The van der Waals surface area contributed by atoms with Gasteiger partial charge in [-0.3, -0.25) is 0 Å². The van der Waals surface area contributed by atoms with E-state index in [4.69, 9.17) is 0 Å². The fourth-order valence-electron chi connectivity index (χ4n) is 0. The summed E-state index contributed by atoms with van der Waals surface area (Å²) in [7, 11) is 0. The Morgan fingerprint density at radius 1 is 1.25 bits per heavy atom. The van der Waals surface area contributed by atoms with E-state index >= 15 is 0 Å². The molecule has 0 spiro atoms. The molecule has 0 rings (SSSR count). The van der Waals surface area contributed by atoms with Gasteiger partial charge in [0.15, 0.2) is 0 Å². The molecule has 0 N–H and O–H groups in total. The maximum atomic E-state index is 0. The Bertz CT molecular complexity index is 11.6. The van der Waals surface area contributed by atoms with Crippen molar-refractivity contribution in [3.8, 4) is 0 Å². The standard InChI is InChI=1S/Mo.Na.H2S.Sb.4H/h;;1H2;;;;;/q;+1;;;;;;-1. The first-order valence-electron chi connectivity index (χ1n) is 0. The van der Waals surface area contributed by atoms with E-state index in [0.29, 0.717) is 0 Å². The predicted molar refractivity (Wildman–Crippen MR) is 21.4 cm³/mol. The summed E-state index contributed by atoms with van der Waals surface area (Å²) in [5, 5.41) is 0. The van der Waals surface area contributed by atoms with Crippen LogP contribution in [0.5, 0.6) is 0 Å². The van der Waals surface area contributed by atoms with Crippen molar-refractivity contribution < 1.29 is 52.0 Å². The van der Waals surface area contributed by atoms with E-state index in [1.165, 1.54) is 0 Å². The molecule has 0 unspecified atom stereocenters. The van der Waals surface area contributed by atoms with E-state index in [9.17, 15) is 0 Å². The first-order chi connectivity index (χ1) is 0. The van der Waals surface area contributed by atoms with Crippen molar-refractivity contribution in [1.82, 2.24) is 0 Å². The molecule has 0 aliphatic heterocycles. The Balaban J connectivity index is 0. The first kappa shape index (κ1) is 28.8. The van der Waals surface area contributed by atoms with Gasteiger partial charge in [-0.05, 0) is 0 Å². The molecule has 0 saturated carbocycles. The molecule has 0 aromatic heterocycles. The van der Waals surface area contributed by atoms with Crippen molar-refractivity contribution in [2.24, 2.45) is 0 Å². The zero-order valence-corrected chi connectivity index (χ0v) is 11.7. The molecule has 24 valence electrons. The first-order valence-corrected chi connectivity index (χ1v) is 0. The van der Waals surface area contributed by atoms with Crippen molar-refractivity contribution in [2.75, 3.05) is 0 Å². The third kappa shape index (κ3) is 8.85. The molecule has 0 saturated heterocycles. The molecule has 0 aromatic rings. The van der Waals surface area contributed by atoms with E-state index in [-0.39, 0.29) is 90.0 Å². The Kier molecular flexibility index (Phi) is 122.